The molecule has 1 aromatic carbocycles. The summed E-state index contributed by atoms with van der Waals surface area (Å²) in [6.45, 7) is 2.04. The van der Waals surface area contributed by atoms with Crippen molar-refractivity contribution in [3.63, 3.8) is 0 Å². The Bertz CT molecular complexity index is 626. The number of aliphatic imine (C=N–C) groups is 1. The molecule has 0 fully saturated rings. The summed E-state index contributed by atoms with van der Waals surface area (Å²) < 4.78 is 1.75. The van der Waals surface area contributed by atoms with Gasteiger partial charge in [-0.2, -0.15) is 10.1 Å². The molecule has 0 saturated carbocycles. The lowest BCUT2D eigenvalue weighted by Crippen LogP contribution is -2.24. The molecule has 0 saturated heterocycles. The van der Waals surface area contributed by atoms with Gasteiger partial charge in [0.1, 0.15) is 0 Å². The summed E-state index contributed by atoms with van der Waals surface area (Å²) in [6, 6.07) is 9.63. The first kappa shape index (κ1) is 13.8. The Morgan fingerprint density at radius 3 is 2.60 bits per heavy atom. The minimum absolute atomic E-state index is 0.245. The molecule has 0 aliphatic carbocycles. The fourth-order valence-electron chi connectivity index (χ4n) is 2.00. The normalized spacial score (nSPS) is 10.2. The van der Waals surface area contributed by atoms with Crippen LogP contribution in [0, 0.1) is 0 Å². The zero-order chi connectivity index (χ0) is 14.5. The molecule has 0 bridgehead atoms. The standard InChI is InChI=1S/C14H17N5O/c1-2-6-12-11(13(20)18-14(15)16)9-17-19(12)10-7-4-3-5-8-10/h3-5,7-9H,2,6H2,1H3,(H4,15,16,18,20). The van der Waals surface area contributed by atoms with Gasteiger partial charge >= 0.3 is 0 Å². The van der Waals surface area contributed by atoms with Crippen molar-refractivity contribution in [2.75, 3.05) is 0 Å². The third kappa shape index (κ3) is 2.85. The topological polar surface area (TPSA) is 99.3 Å². The van der Waals surface area contributed by atoms with Gasteiger partial charge in [0.25, 0.3) is 5.91 Å². The van der Waals surface area contributed by atoms with E-state index < -0.39 is 5.91 Å². The monoisotopic (exact) mass is 271 g/mol. The van der Waals surface area contributed by atoms with Crippen LogP contribution < -0.4 is 11.5 Å². The summed E-state index contributed by atoms with van der Waals surface area (Å²) >= 11 is 0. The Balaban J connectivity index is 2.48. The highest BCUT2D eigenvalue weighted by Crippen LogP contribution is 2.17. The van der Waals surface area contributed by atoms with Crippen molar-refractivity contribution in [3.05, 3.63) is 47.8 Å². The quantitative estimate of drug-likeness (QED) is 0.645. The van der Waals surface area contributed by atoms with Gasteiger partial charge in [0, 0.05) is 0 Å². The van der Waals surface area contributed by atoms with Gasteiger partial charge in [-0.3, -0.25) is 4.79 Å². The number of rotatable bonds is 4. The second kappa shape index (κ2) is 6.01. The summed E-state index contributed by atoms with van der Waals surface area (Å²) in [7, 11) is 0. The lowest BCUT2D eigenvalue weighted by molar-refractivity contribution is 0.100. The van der Waals surface area contributed by atoms with Crippen LogP contribution in [0.5, 0.6) is 0 Å². The SMILES string of the molecule is CCCc1c(C(=O)N=C(N)N)cnn1-c1ccccc1. The number of nitrogens with two attached hydrogens (primary N) is 2. The minimum Gasteiger partial charge on any atom is -0.370 e. The van der Waals surface area contributed by atoms with Crippen LogP contribution >= 0.6 is 0 Å². The Morgan fingerprint density at radius 1 is 1.30 bits per heavy atom. The van der Waals surface area contributed by atoms with E-state index in [9.17, 15) is 4.79 Å². The molecular formula is C14H17N5O. The van der Waals surface area contributed by atoms with E-state index in [2.05, 4.69) is 10.1 Å². The number of hydrogen-bond donors (Lipinski definition) is 2. The van der Waals surface area contributed by atoms with E-state index in [0.29, 0.717) is 5.56 Å². The average Bonchev–Trinajstić information content (AvgIpc) is 2.83. The van der Waals surface area contributed by atoms with Crippen LogP contribution in [0.1, 0.15) is 29.4 Å². The lowest BCUT2D eigenvalue weighted by Gasteiger charge is -2.07. The maximum atomic E-state index is 12.0. The molecule has 1 heterocycles. The maximum Gasteiger partial charge on any atom is 0.283 e. The minimum atomic E-state index is -0.462. The number of benzene rings is 1. The molecule has 20 heavy (non-hydrogen) atoms. The summed E-state index contributed by atoms with van der Waals surface area (Å²) in [5, 5.41) is 4.28. The number of nitrogens with zero attached hydrogens (tertiary/aromatic N) is 3. The van der Waals surface area contributed by atoms with Crippen LogP contribution in [-0.2, 0) is 6.42 Å². The highest BCUT2D eigenvalue weighted by molar-refractivity contribution is 6.02. The number of guanidine groups is 1. The molecule has 0 unspecified atom stereocenters. The van der Waals surface area contributed by atoms with Crippen LogP contribution in [0.2, 0.25) is 0 Å². The predicted molar refractivity (Wildman–Crippen MR) is 77.7 cm³/mol. The average molecular weight is 271 g/mol. The number of para-hydroxylation sites is 1. The fourth-order valence-corrected chi connectivity index (χ4v) is 2.00. The van der Waals surface area contributed by atoms with Gasteiger partial charge < -0.3 is 11.5 Å². The van der Waals surface area contributed by atoms with Crippen molar-refractivity contribution in [3.8, 4) is 5.69 Å². The predicted octanol–water partition coefficient (Wildman–Crippen LogP) is 1.24. The summed E-state index contributed by atoms with van der Waals surface area (Å²) in [6.07, 6.45) is 3.11. The van der Waals surface area contributed by atoms with Crippen molar-refractivity contribution in [2.45, 2.75) is 19.8 Å². The van der Waals surface area contributed by atoms with E-state index in [1.165, 1.54) is 6.20 Å². The molecule has 4 N–H and O–H groups in total. The van der Waals surface area contributed by atoms with E-state index in [-0.39, 0.29) is 5.96 Å². The molecule has 6 heteroatoms. The fraction of sp³-hybridized carbons (Fsp3) is 0.214. The first-order valence-corrected chi connectivity index (χ1v) is 6.39. The molecular weight excluding hydrogens is 254 g/mol. The molecule has 0 atom stereocenters. The van der Waals surface area contributed by atoms with E-state index in [0.717, 1.165) is 24.2 Å². The summed E-state index contributed by atoms with van der Waals surface area (Å²) in [5.41, 5.74) is 12.7. The molecule has 0 spiro atoms. The van der Waals surface area contributed by atoms with Gasteiger partial charge in [-0.1, -0.05) is 31.5 Å². The highest BCUT2D eigenvalue weighted by Gasteiger charge is 2.17. The van der Waals surface area contributed by atoms with Crippen LogP contribution in [-0.4, -0.2) is 21.6 Å². The Morgan fingerprint density at radius 2 is 2.00 bits per heavy atom. The number of carbonyl (C=O) groups excluding carboxylic acids is 1. The highest BCUT2D eigenvalue weighted by atomic mass is 16.1. The maximum absolute atomic E-state index is 12.0. The lowest BCUT2D eigenvalue weighted by atomic mass is 10.1. The van der Waals surface area contributed by atoms with Gasteiger partial charge in [-0.25, -0.2) is 4.68 Å². The second-order valence-electron chi connectivity index (χ2n) is 4.34. The van der Waals surface area contributed by atoms with Crippen molar-refractivity contribution >= 4 is 11.9 Å². The first-order chi connectivity index (χ1) is 9.63. The first-order valence-electron chi connectivity index (χ1n) is 6.39. The van der Waals surface area contributed by atoms with E-state index >= 15 is 0 Å². The number of hydrogen-bond acceptors (Lipinski definition) is 2. The van der Waals surface area contributed by atoms with Gasteiger partial charge in [0.2, 0.25) is 0 Å². The smallest absolute Gasteiger partial charge is 0.283 e. The zero-order valence-corrected chi connectivity index (χ0v) is 11.3. The molecule has 2 aromatic rings. The van der Waals surface area contributed by atoms with Gasteiger partial charge in [0.15, 0.2) is 5.96 Å². The number of carbonyl (C=O) groups is 1. The summed E-state index contributed by atoms with van der Waals surface area (Å²) in [4.78, 5) is 15.6. The molecule has 1 aromatic heterocycles. The van der Waals surface area contributed by atoms with Gasteiger partial charge in [-0.15, -0.1) is 0 Å². The van der Waals surface area contributed by atoms with Crippen LogP contribution in [0.15, 0.2) is 41.5 Å². The molecule has 1 amide bonds. The molecule has 0 aliphatic heterocycles. The largest absolute Gasteiger partial charge is 0.370 e. The number of amides is 1. The molecule has 0 aliphatic rings. The molecule has 104 valence electrons. The van der Waals surface area contributed by atoms with Crippen LogP contribution in [0.25, 0.3) is 5.69 Å². The van der Waals surface area contributed by atoms with E-state index in [1.54, 1.807) is 4.68 Å². The number of aromatic nitrogens is 2. The van der Waals surface area contributed by atoms with Gasteiger partial charge in [-0.05, 0) is 18.6 Å². The van der Waals surface area contributed by atoms with Crippen LogP contribution in [0.3, 0.4) is 0 Å². The summed E-state index contributed by atoms with van der Waals surface area (Å²) in [5.74, 6) is -0.708. The van der Waals surface area contributed by atoms with Crippen molar-refractivity contribution in [1.29, 1.82) is 0 Å². The van der Waals surface area contributed by atoms with Crippen molar-refractivity contribution in [2.24, 2.45) is 16.5 Å². The molecule has 0 radical (unpaired) electrons. The Kier molecular flexibility index (Phi) is 4.14. The third-order valence-electron chi connectivity index (χ3n) is 2.82. The van der Waals surface area contributed by atoms with Gasteiger partial charge in [0.05, 0.1) is 23.1 Å². The molecule has 6 nitrogen and oxygen atoms in total. The molecule has 2 rings (SSSR count). The Hall–Kier alpha value is -2.63. The van der Waals surface area contributed by atoms with Crippen molar-refractivity contribution < 1.29 is 4.79 Å². The van der Waals surface area contributed by atoms with E-state index in [4.69, 9.17) is 11.5 Å². The Labute approximate surface area is 117 Å². The van der Waals surface area contributed by atoms with Crippen molar-refractivity contribution in [1.82, 2.24) is 9.78 Å². The van der Waals surface area contributed by atoms with Crippen LogP contribution in [0.4, 0.5) is 0 Å². The van der Waals surface area contributed by atoms with E-state index in [1.807, 2.05) is 37.3 Å². The zero-order valence-electron chi connectivity index (χ0n) is 11.3. The third-order valence-corrected chi connectivity index (χ3v) is 2.82. The second-order valence-corrected chi connectivity index (χ2v) is 4.34.